The number of anilines is 1. The number of thioether (sulfide) groups is 1. The first kappa shape index (κ1) is 21.8. The van der Waals surface area contributed by atoms with Gasteiger partial charge in [-0.3, -0.25) is 24.2 Å². The largest absolute Gasteiger partial charge is 0.291 e. The Bertz CT molecular complexity index is 1090. The number of carbonyl (C=O) groups excluding carboxylic acids is 3. The maximum absolute atomic E-state index is 13.9. The lowest BCUT2D eigenvalue weighted by Gasteiger charge is -2.31. The summed E-state index contributed by atoms with van der Waals surface area (Å²) in [4.78, 5) is 47.3. The summed E-state index contributed by atoms with van der Waals surface area (Å²) in [6.07, 6.45) is 3.92. The Balaban J connectivity index is 1.72. The molecule has 0 fully saturated rings. The van der Waals surface area contributed by atoms with Crippen LogP contribution in [0.25, 0.3) is 0 Å². The molecule has 0 aliphatic carbocycles. The highest BCUT2D eigenvalue weighted by Gasteiger charge is 2.43. The predicted octanol–water partition coefficient (Wildman–Crippen LogP) is 4.03. The standard InChI is InChI=1S/C25H23N3O3S/c1-32-16-14-21(28-23(29)19-11-5-6-12-20(19)24(28)30)25(31)27(22-13-7-8-15-26-22)17-18-9-3-2-4-10-18/h2-13,15,21H,14,16-17H2,1H3. The van der Waals surface area contributed by atoms with E-state index >= 15 is 0 Å². The van der Waals surface area contributed by atoms with Crippen molar-refractivity contribution in [2.45, 2.75) is 19.0 Å². The Morgan fingerprint density at radius 3 is 2.16 bits per heavy atom. The molecular weight excluding hydrogens is 422 g/mol. The van der Waals surface area contributed by atoms with Crippen LogP contribution in [0, 0.1) is 0 Å². The molecule has 0 N–H and O–H groups in total. The second kappa shape index (κ2) is 9.78. The zero-order valence-electron chi connectivity index (χ0n) is 17.7. The zero-order chi connectivity index (χ0) is 22.5. The number of benzene rings is 2. The van der Waals surface area contributed by atoms with E-state index in [1.807, 2.05) is 42.7 Å². The van der Waals surface area contributed by atoms with Gasteiger partial charge in [0.05, 0.1) is 17.7 Å². The molecule has 7 heteroatoms. The maximum Gasteiger partial charge on any atom is 0.262 e. The van der Waals surface area contributed by atoms with E-state index in [4.69, 9.17) is 0 Å². The molecule has 3 amide bonds. The second-order valence-corrected chi connectivity index (χ2v) is 8.41. The summed E-state index contributed by atoms with van der Waals surface area (Å²) in [7, 11) is 0. The Labute approximate surface area is 191 Å². The van der Waals surface area contributed by atoms with Crippen LogP contribution in [-0.4, -0.2) is 45.7 Å². The van der Waals surface area contributed by atoms with Crippen molar-refractivity contribution >= 4 is 35.3 Å². The topological polar surface area (TPSA) is 70.6 Å². The molecule has 1 aromatic heterocycles. The average Bonchev–Trinajstić information content (AvgIpc) is 3.09. The van der Waals surface area contributed by atoms with Gasteiger partial charge >= 0.3 is 0 Å². The molecule has 6 nitrogen and oxygen atoms in total. The summed E-state index contributed by atoms with van der Waals surface area (Å²) in [5.41, 5.74) is 1.61. The second-order valence-electron chi connectivity index (χ2n) is 7.42. The van der Waals surface area contributed by atoms with E-state index in [9.17, 15) is 14.4 Å². The Morgan fingerprint density at radius 1 is 0.938 bits per heavy atom. The number of carbonyl (C=O) groups is 3. The number of imide groups is 1. The lowest BCUT2D eigenvalue weighted by molar-refractivity contribution is -0.122. The number of aromatic nitrogens is 1. The Hall–Kier alpha value is -3.45. The van der Waals surface area contributed by atoms with E-state index in [0.29, 0.717) is 29.1 Å². The van der Waals surface area contributed by atoms with Crippen molar-refractivity contribution in [3.63, 3.8) is 0 Å². The smallest absolute Gasteiger partial charge is 0.262 e. The minimum absolute atomic E-state index is 0.287. The molecule has 2 aromatic carbocycles. The molecule has 0 saturated carbocycles. The molecule has 1 aliphatic heterocycles. The van der Waals surface area contributed by atoms with E-state index in [0.717, 1.165) is 10.5 Å². The first-order chi connectivity index (χ1) is 15.6. The third kappa shape index (κ3) is 4.29. The first-order valence-corrected chi connectivity index (χ1v) is 11.7. The molecule has 2 heterocycles. The van der Waals surface area contributed by atoms with E-state index in [1.54, 1.807) is 59.3 Å². The highest BCUT2D eigenvalue weighted by atomic mass is 32.2. The zero-order valence-corrected chi connectivity index (χ0v) is 18.5. The minimum Gasteiger partial charge on any atom is -0.291 e. The molecule has 0 radical (unpaired) electrons. The summed E-state index contributed by atoms with van der Waals surface area (Å²) < 4.78 is 0. The summed E-state index contributed by atoms with van der Waals surface area (Å²) in [5.74, 6) is -0.0646. The fraction of sp³-hybridized carbons (Fsp3) is 0.200. The van der Waals surface area contributed by atoms with Crippen LogP contribution >= 0.6 is 11.8 Å². The van der Waals surface area contributed by atoms with Crippen LogP contribution in [-0.2, 0) is 11.3 Å². The van der Waals surface area contributed by atoms with Gasteiger partial charge in [0.25, 0.3) is 17.7 Å². The van der Waals surface area contributed by atoms with Gasteiger partial charge in [-0.15, -0.1) is 0 Å². The monoisotopic (exact) mass is 445 g/mol. The SMILES string of the molecule is CSCCC(C(=O)N(Cc1ccccc1)c1ccccn1)N1C(=O)c2ccccc2C1=O. The van der Waals surface area contributed by atoms with Gasteiger partial charge in [-0.05, 0) is 48.3 Å². The lowest BCUT2D eigenvalue weighted by atomic mass is 10.1. The van der Waals surface area contributed by atoms with Crippen LogP contribution in [0.15, 0.2) is 79.0 Å². The van der Waals surface area contributed by atoms with Gasteiger partial charge in [-0.25, -0.2) is 4.98 Å². The van der Waals surface area contributed by atoms with E-state index in [1.165, 1.54) is 0 Å². The van der Waals surface area contributed by atoms with E-state index in [-0.39, 0.29) is 12.5 Å². The summed E-state index contributed by atoms with van der Waals surface area (Å²) in [6.45, 7) is 0.287. The van der Waals surface area contributed by atoms with Gasteiger partial charge in [-0.2, -0.15) is 11.8 Å². The molecule has 162 valence electrons. The van der Waals surface area contributed by atoms with Crippen LogP contribution in [0.3, 0.4) is 0 Å². The number of amides is 3. The third-order valence-electron chi connectivity index (χ3n) is 5.39. The van der Waals surface area contributed by atoms with Crippen molar-refractivity contribution in [1.29, 1.82) is 0 Å². The predicted molar refractivity (Wildman–Crippen MR) is 126 cm³/mol. The highest BCUT2D eigenvalue weighted by molar-refractivity contribution is 7.98. The number of pyridine rings is 1. The summed E-state index contributed by atoms with van der Waals surface area (Å²) >= 11 is 1.57. The average molecular weight is 446 g/mol. The molecule has 32 heavy (non-hydrogen) atoms. The van der Waals surface area contributed by atoms with Gasteiger partial charge in [-0.1, -0.05) is 48.5 Å². The molecule has 4 rings (SSSR count). The Morgan fingerprint density at radius 2 is 1.56 bits per heavy atom. The molecule has 0 spiro atoms. The number of fused-ring (bicyclic) bond motifs is 1. The molecular formula is C25H23N3O3S. The quantitative estimate of drug-likeness (QED) is 0.490. The number of hydrogen-bond donors (Lipinski definition) is 0. The number of hydrogen-bond acceptors (Lipinski definition) is 5. The molecule has 0 saturated heterocycles. The maximum atomic E-state index is 13.9. The van der Waals surface area contributed by atoms with Crippen molar-refractivity contribution in [3.8, 4) is 0 Å². The van der Waals surface area contributed by atoms with E-state index < -0.39 is 17.9 Å². The summed E-state index contributed by atoms with van der Waals surface area (Å²) in [5, 5.41) is 0. The molecule has 1 atom stereocenters. The van der Waals surface area contributed by atoms with Crippen LogP contribution < -0.4 is 4.90 Å². The van der Waals surface area contributed by atoms with Crippen LogP contribution in [0.4, 0.5) is 5.82 Å². The normalized spacial score (nSPS) is 13.7. The fourth-order valence-electron chi connectivity index (χ4n) is 3.81. The van der Waals surface area contributed by atoms with Crippen LogP contribution in [0.5, 0.6) is 0 Å². The number of rotatable bonds is 8. The van der Waals surface area contributed by atoms with Crippen molar-refractivity contribution < 1.29 is 14.4 Å². The number of nitrogens with zero attached hydrogens (tertiary/aromatic N) is 3. The van der Waals surface area contributed by atoms with E-state index in [2.05, 4.69) is 4.98 Å². The Kier molecular flexibility index (Phi) is 6.66. The first-order valence-electron chi connectivity index (χ1n) is 10.3. The van der Waals surface area contributed by atoms with Crippen LogP contribution in [0.2, 0.25) is 0 Å². The lowest BCUT2D eigenvalue weighted by Crippen LogP contribution is -2.51. The van der Waals surface area contributed by atoms with Crippen molar-refractivity contribution in [3.05, 3.63) is 95.7 Å². The van der Waals surface area contributed by atoms with Crippen molar-refractivity contribution in [1.82, 2.24) is 9.88 Å². The van der Waals surface area contributed by atoms with Gasteiger partial charge in [0.1, 0.15) is 11.9 Å². The van der Waals surface area contributed by atoms with Gasteiger partial charge in [0, 0.05) is 6.20 Å². The fourth-order valence-corrected chi connectivity index (χ4v) is 4.27. The summed E-state index contributed by atoms with van der Waals surface area (Å²) in [6, 6.07) is 20.7. The van der Waals surface area contributed by atoms with Crippen molar-refractivity contribution in [2.24, 2.45) is 0 Å². The highest BCUT2D eigenvalue weighted by Crippen LogP contribution is 2.28. The van der Waals surface area contributed by atoms with Gasteiger partial charge in [0.15, 0.2) is 0 Å². The minimum atomic E-state index is -0.916. The van der Waals surface area contributed by atoms with Crippen LogP contribution in [0.1, 0.15) is 32.7 Å². The van der Waals surface area contributed by atoms with Gasteiger partial charge in [0.2, 0.25) is 0 Å². The van der Waals surface area contributed by atoms with Crippen molar-refractivity contribution in [2.75, 3.05) is 16.9 Å². The molecule has 1 aliphatic rings. The molecule has 1 unspecified atom stereocenters. The third-order valence-corrected chi connectivity index (χ3v) is 6.04. The molecule has 0 bridgehead atoms. The molecule has 3 aromatic rings. The van der Waals surface area contributed by atoms with Gasteiger partial charge < -0.3 is 0 Å².